The van der Waals surface area contributed by atoms with Gasteiger partial charge in [0.15, 0.2) is 0 Å². The van der Waals surface area contributed by atoms with E-state index in [-0.39, 0.29) is 36.2 Å². The minimum atomic E-state index is -1.11. The summed E-state index contributed by atoms with van der Waals surface area (Å²) in [6.45, 7) is 3.41. The van der Waals surface area contributed by atoms with Crippen molar-refractivity contribution in [2.24, 2.45) is 0 Å². The molecule has 0 saturated heterocycles. The van der Waals surface area contributed by atoms with Crippen LogP contribution in [0.25, 0.3) is 0 Å². The highest BCUT2D eigenvalue weighted by Gasteiger charge is 2.14. The van der Waals surface area contributed by atoms with Gasteiger partial charge in [-0.25, -0.2) is 4.79 Å². The SMILES string of the molecule is CC(C)Oc1ccc(C(=O)O)cc1NC(=O)CNC(=O)Cc1ccccc1. The zero-order valence-corrected chi connectivity index (χ0v) is 15.2. The highest BCUT2D eigenvalue weighted by molar-refractivity contribution is 5.97. The van der Waals surface area contributed by atoms with Gasteiger partial charge in [0.2, 0.25) is 11.8 Å². The molecule has 2 aromatic carbocycles. The maximum atomic E-state index is 12.2. The van der Waals surface area contributed by atoms with Crippen molar-refractivity contribution in [3.8, 4) is 5.75 Å². The number of carbonyl (C=O) groups is 3. The Morgan fingerprint density at radius 3 is 2.37 bits per heavy atom. The molecule has 0 bridgehead atoms. The van der Waals surface area contributed by atoms with Gasteiger partial charge in [-0.15, -0.1) is 0 Å². The number of amides is 2. The van der Waals surface area contributed by atoms with Gasteiger partial charge in [-0.3, -0.25) is 9.59 Å². The summed E-state index contributed by atoms with van der Waals surface area (Å²) in [6.07, 6.45) is 0.0199. The van der Waals surface area contributed by atoms with E-state index in [0.29, 0.717) is 5.75 Å². The molecular formula is C20H22N2O5. The molecule has 2 rings (SSSR count). The number of rotatable bonds is 8. The average molecular weight is 370 g/mol. The molecule has 0 aliphatic carbocycles. The molecule has 7 heteroatoms. The zero-order valence-electron chi connectivity index (χ0n) is 15.2. The lowest BCUT2D eigenvalue weighted by molar-refractivity contribution is -0.123. The fraction of sp³-hybridized carbons (Fsp3) is 0.250. The molecule has 0 fully saturated rings. The molecule has 3 N–H and O–H groups in total. The van der Waals surface area contributed by atoms with E-state index in [1.54, 1.807) is 0 Å². The van der Waals surface area contributed by atoms with Crippen molar-refractivity contribution in [1.82, 2.24) is 5.32 Å². The lowest BCUT2D eigenvalue weighted by Gasteiger charge is -2.15. The number of aromatic carboxylic acids is 1. The number of carboxylic acids is 1. The van der Waals surface area contributed by atoms with E-state index in [0.717, 1.165) is 5.56 Å². The van der Waals surface area contributed by atoms with Crippen LogP contribution >= 0.6 is 0 Å². The molecule has 0 radical (unpaired) electrons. The number of carboxylic acid groups (broad SMARTS) is 1. The molecule has 0 spiro atoms. The Labute approximate surface area is 157 Å². The highest BCUT2D eigenvalue weighted by atomic mass is 16.5. The minimum Gasteiger partial charge on any atom is -0.489 e. The summed E-state index contributed by atoms with van der Waals surface area (Å²) in [5, 5.41) is 14.3. The van der Waals surface area contributed by atoms with Crippen LogP contribution in [0, 0.1) is 0 Å². The Morgan fingerprint density at radius 1 is 1.04 bits per heavy atom. The lowest BCUT2D eigenvalue weighted by atomic mass is 10.1. The van der Waals surface area contributed by atoms with E-state index in [4.69, 9.17) is 9.84 Å². The highest BCUT2D eigenvalue weighted by Crippen LogP contribution is 2.27. The third-order valence-corrected chi connectivity index (χ3v) is 3.52. The van der Waals surface area contributed by atoms with Crippen LogP contribution in [0.1, 0.15) is 29.8 Å². The van der Waals surface area contributed by atoms with Gasteiger partial charge in [-0.05, 0) is 37.6 Å². The van der Waals surface area contributed by atoms with E-state index >= 15 is 0 Å². The Hall–Kier alpha value is -3.35. The number of ether oxygens (including phenoxy) is 1. The Kier molecular flexibility index (Phi) is 6.93. The van der Waals surface area contributed by atoms with Crippen molar-refractivity contribution in [3.05, 3.63) is 59.7 Å². The average Bonchev–Trinajstić information content (AvgIpc) is 2.62. The van der Waals surface area contributed by atoms with Crippen molar-refractivity contribution in [1.29, 1.82) is 0 Å². The summed E-state index contributed by atoms with van der Waals surface area (Å²) in [5.74, 6) is -1.52. The lowest BCUT2D eigenvalue weighted by Crippen LogP contribution is -2.34. The number of carbonyl (C=O) groups excluding carboxylic acids is 2. The van der Waals surface area contributed by atoms with Gasteiger partial charge in [-0.2, -0.15) is 0 Å². The van der Waals surface area contributed by atoms with E-state index in [9.17, 15) is 14.4 Å². The molecule has 0 atom stereocenters. The molecule has 7 nitrogen and oxygen atoms in total. The fourth-order valence-electron chi connectivity index (χ4n) is 2.33. The summed E-state index contributed by atoms with van der Waals surface area (Å²) < 4.78 is 5.59. The molecular weight excluding hydrogens is 348 g/mol. The molecule has 0 aromatic heterocycles. The topological polar surface area (TPSA) is 105 Å². The molecule has 142 valence electrons. The first-order valence-corrected chi connectivity index (χ1v) is 8.49. The van der Waals surface area contributed by atoms with Crippen molar-refractivity contribution in [2.75, 3.05) is 11.9 Å². The number of anilines is 1. The molecule has 0 unspecified atom stereocenters. The van der Waals surface area contributed by atoms with Gasteiger partial charge in [-0.1, -0.05) is 30.3 Å². The monoisotopic (exact) mass is 370 g/mol. The van der Waals surface area contributed by atoms with Crippen LogP contribution in [0.2, 0.25) is 0 Å². The Balaban J connectivity index is 1.98. The second kappa shape index (κ2) is 9.38. The largest absolute Gasteiger partial charge is 0.489 e. The smallest absolute Gasteiger partial charge is 0.335 e. The number of nitrogens with one attached hydrogen (secondary N) is 2. The third-order valence-electron chi connectivity index (χ3n) is 3.52. The molecule has 2 aromatic rings. The minimum absolute atomic E-state index is 0.0227. The summed E-state index contributed by atoms with van der Waals surface area (Å²) in [4.78, 5) is 35.2. The van der Waals surface area contributed by atoms with Gasteiger partial charge in [0, 0.05) is 0 Å². The summed E-state index contributed by atoms with van der Waals surface area (Å²) in [5.41, 5.74) is 1.11. The van der Waals surface area contributed by atoms with Crippen LogP contribution < -0.4 is 15.4 Å². The molecule has 0 heterocycles. The number of benzene rings is 2. The standard InChI is InChI=1S/C20H22N2O5/c1-13(2)27-17-9-8-15(20(25)26)11-16(17)22-19(24)12-21-18(23)10-14-6-4-3-5-7-14/h3-9,11,13H,10,12H2,1-2H3,(H,21,23)(H,22,24)(H,25,26). The molecule has 2 amide bonds. The first-order valence-electron chi connectivity index (χ1n) is 8.49. The van der Waals surface area contributed by atoms with Gasteiger partial charge in [0.1, 0.15) is 5.75 Å². The molecule has 27 heavy (non-hydrogen) atoms. The Morgan fingerprint density at radius 2 is 1.74 bits per heavy atom. The van der Waals surface area contributed by atoms with Crippen molar-refractivity contribution < 1.29 is 24.2 Å². The molecule has 0 aliphatic rings. The zero-order chi connectivity index (χ0) is 19.8. The second-order valence-electron chi connectivity index (χ2n) is 6.17. The van der Waals surface area contributed by atoms with E-state index in [2.05, 4.69) is 10.6 Å². The predicted octanol–water partition coefficient (Wildman–Crippen LogP) is 2.47. The maximum absolute atomic E-state index is 12.2. The summed E-state index contributed by atoms with van der Waals surface area (Å²) in [6, 6.07) is 13.4. The van der Waals surface area contributed by atoms with Crippen LogP contribution in [0.4, 0.5) is 5.69 Å². The third kappa shape index (κ3) is 6.47. The second-order valence-corrected chi connectivity index (χ2v) is 6.17. The van der Waals surface area contributed by atoms with Gasteiger partial charge in [0.05, 0.1) is 30.3 Å². The number of hydrogen-bond donors (Lipinski definition) is 3. The summed E-state index contributed by atoms with van der Waals surface area (Å²) in [7, 11) is 0. The normalized spacial score (nSPS) is 10.3. The Bertz CT molecular complexity index is 818. The van der Waals surface area contributed by atoms with E-state index in [1.165, 1.54) is 18.2 Å². The van der Waals surface area contributed by atoms with Crippen molar-refractivity contribution in [2.45, 2.75) is 26.4 Å². The maximum Gasteiger partial charge on any atom is 0.335 e. The van der Waals surface area contributed by atoms with Gasteiger partial charge in [0.25, 0.3) is 0 Å². The molecule has 0 aliphatic heterocycles. The summed E-state index contributed by atoms with van der Waals surface area (Å²) >= 11 is 0. The van der Waals surface area contributed by atoms with Crippen LogP contribution in [0.15, 0.2) is 48.5 Å². The van der Waals surface area contributed by atoms with Crippen LogP contribution in [0.3, 0.4) is 0 Å². The quantitative estimate of drug-likeness (QED) is 0.662. The van der Waals surface area contributed by atoms with Crippen molar-refractivity contribution >= 4 is 23.5 Å². The van der Waals surface area contributed by atoms with Crippen molar-refractivity contribution in [3.63, 3.8) is 0 Å². The number of hydrogen-bond acceptors (Lipinski definition) is 4. The fourth-order valence-corrected chi connectivity index (χ4v) is 2.33. The van der Waals surface area contributed by atoms with Crippen LogP contribution in [-0.4, -0.2) is 35.5 Å². The van der Waals surface area contributed by atoms with E-state index < -0.39 is 11.9 Å². The first-order chi connectivity index (χ1) is 12.8. The van der Waals surface area contributed by atoms with Gasteiger partial charge < -0.3 is 20.5 Å². The first kappa shape index (κ1) is 20.0. The predicted molar refractivity (Wildman–Crippen MR) is 101 cm³/mol. The van der Waals surface area contributed by atoms with Crippen LogP contribution in [-0.2, 0) is 16.0 Å². The molecule has 0 saturated carbocycles. The van der Waals surface area contributed by atoms with Crippen LogP contribution in [0.5, 0.6) is 5.75 Å². The van der Waals surface area contributed by atoms with E-state index in [1.807, 2.05) is 44.2 Å². The van der Waals surface area contributed by atoms with Gasteiger partial charge >= 0.3 is 5.97 Å².